The lowest BCUT2D eigenvalue weighted by Crippen LogP contribution is -2.38. The number of carbonyl (C=O) groups is 1. The second-order valence-electron chi connectivity index (χ2n) is 5.49. The molecule has 1 fully saturated rings. The standard InChI is InChI=1S/C16H25N3O/c1-3-5-13-8-10-19(11-9-13)16(20)15-7-6-14(12-18-15)17-4-2/h6-7,12-13,17H,3-5,8-11H2,1-2H3. The Balaban J connectivity index is 1.91. The highest BCUT2D eigenvalue weighted by atomic mass is 16.2. The lowest BCUT2D eigenvalue weighted by atomic mass is 9.92. The number of likely N-dealkylation sites (tertiary alicyclic amines) is 1. The van der Waals surface area contributed by atoms with Crippen LogP contribution in [0.4, 0.5) is 5.69 Å². The highest BCUT2D eigenvalue weighted by molar-refractivity contribution is 5.92. The molecule has 110 valence electrons. The van der Waals surface area contributed by atoms with Crippen molar-refractivity contribution in [1.82, 2.24) is 9.88 Å². The molecule has 0 spiro atoms. The molecule has 0 aliphatic carbocycles. The van der Waals surface area contributed by atoms with Gasteiger partial charge in [-0.2, -0.15) is 0 Å². The fourth-order valence-electron chi connectivity index (χ4n) is 2.82. The summed E-state index contributed by atoms with van der Waals surface area (Å²) in [6.45, 7) is 6.88. The van der Waals surface area contributed by atoms with E-state index in [-0.39, 0.29) is 5.91 Å². The van der Waals surface area contributed by atoms with Crippen molar-refractivity contribution in [2.45, 2.75) is 39.5 Å². The average Bonchev–Trinajstić information content (AvgIpc) is 2.49. The normalized spacial score (nSPS) is 16.2. The molecule has 20 heavy (non-hydrogen) atoms. The van der Waals surface area contributed by atoms with Crippen LogP contribution >= 0.6 is 0 Å². The second-order valence-corrected chi connectivity index (χ2v) is 5.49. The third-order valence-electron chi connectivity index (χ3n) is 3.96. The molecule has 0 saturated carbocycles. The minimum Gasteiger partial charge on any atom is -0.384 e. The van der Waals surface area contributed by atoms with Crippen LogP contribution in [0, 0.1) is 5.92 Å². The van der Waals surface area contributed by atoms with Gasteiger partial charge in [-0.05, 0) is 37.8 Å². The summed E-state index contributed by atoms with van der Waals surface area (Å²) in [4.78, 5) is 18.6. The Labute approximate surface area is 121 Å². The number of carbonyl (C=O) groups excluding carboxylic acids is 1. The van der Waals surface area contributed by atoms with E-state index in [4.69, 9.17) is 0 Å². The monoisotopic (exact) mass is 275 g/mol. The molecule has 1 aromatic rings. The van der Waals surface area contributed by atoms with Crippen molar-refractivity contribution in [3.8, 4) is 0 Å². The second kappa shape index (κ2) is 7.27. The van der Waals surface area contributed by atoms with Gasteiger partial charge in [-0.25, -0.2) is 4.98 Å². The molecule has 0 unspecified atom stereocenters. The number of rotatable bonds is 5. The first-order chi connectivity index (χ1) is 9.74. The quantitative estimate of drug-likeness (QED) is 0.897. The van der Waals surface area contributed by atoms with Gasteiger partial charge in [-0.1, -0.05) is 19.8 Å². The largest absolute Gasteiger partial charge is 0.384 e. The molecule has 0 radical (unpaired) electrons. The first-order valence-electron chi connectivity index (χ1n) is 7.73. The number of nitrogens with one attached hydrogen (secondary N) is 1. The smallest absolute Gasteiger partial charge is 0.272 e. The van der Waals surface area contributed by atoms with Gasteiger partial charge in [0.15, 0.2) is 0 Å². The van der Waals surface area contributed by atoms with E-state index >= 15 is 0 Å². The minimum atomic E-state index is 0.0722. The van der Waals surface area contributed by atoms with Crippen molar-refractivity contribution in [2.75, 3.05) is 25.0 Å². The number of nitrogens with zero attached hydrogens (tertiary/aromatic N) is 2. The summed E-state index contributed by atoms with van der Waals surface area (Å²) in [6, 6.07) is 3.74. The zero-order chi connectivity index (χ0) is 14.4. The fraction of sp³-hybridized carbons (Fsp3) is 0.625. The maximum Gasteiger partial charge on any atom is 0.272 e. The van der Waals surface area contributed by atoms with Gasteiger partial charge in [0.25, 0.3) is 5.91 Å². The maximum absolute atomic E-state index is 12.4. The van der Waals surface area contributed by atoms with Crippen LogP contribution in [0.15, 0.2) is 18.3 Å². The highest BCUT2D eigenvalue weighted by Crippen LogP contribution is 2.22. The van der Waals surface area contributed by atoms with E-state index in [0.29, 0.717) is 5.69 Å². The molecule has 1 aliphatic rings. The SMILES string of the molecule is CCCC1CCN(C(=O)c2ccc(NCC)cn2)CC1. The molecule has 0 atom stereocenters. The van der Waals surface area contributed by atoms with Crippen LogP contribution in [0.25, 0.3) is 0 Å². The summed E-state index contributed by atoms with van der Waals surface area (Å²) in [5.74, 6) is 0.871. The first kappa shape index (κ1) is 14.8. The molecular weight excluding hydrogens is 250 g/mol. The van der Waals surface area contributed by atoms with Gasteiger partial charge in [0.2, 0.25) is 0 Å². The Kier molecular flexibility index (Phi) is 5.39. The Morgan fingerprint density at radius 2 is 2.10 bits per heavy atom. The van der Waals surface area contributed by atoms with Crippen LogP contribution in [0.3, 0.4) is 0 Å². The number of hydrogen-bond acceptors (Lipinski definition) is 3. The molecule has 2 heterocycles. The van der Waals surface area contributed by atoms with Crippen molar-refractivity contribution in [2.24, 2.45) is 5.92 Å². The van der Waals surface area contributed by atoms with E-state index in [9.17, 15) is 4.79 Å². The number of pyridine rings is 1. The predicted molar refractivity (Wildman–Crippen MR) is 81.9 cm³/mol. The van der Waals surface area contributed by atoms with Gasteiger partial charge in [-0.15, -0.1) is 0 Å². The predicted octanol–water partition coefficient (Wildman–Crippen LogP) is 3.17. The van der Waals surface area contributed by atoms with Crippen LogP contribution in [-0.4, -0.2) is 35.4 Å². The lowest BCUT2D eigenvalue weighted by molar-refractivity contribution is 0.0680. The zero-order valence-electron chi connectivity index (χ0n) is 12.6. The minimum absolute atomic E-state index is 0.0722. The van der Waals surface area contributed by atoms with Gasteiger partial charge in [0.1, 0.15) is 5.69 Å². The Bertz CT molecular complexity index is 422. The summed E-state index contributed by atoms with van der Waals surface area (Å²) in [5.41, 5.74) is 1.52. The van der Waals surface area contributed by atoms with Gasteiger partial charge in [-0.3, -0.25) is 4.79 Å². The van der Waals surface area contributed by atoms with Crippen LogP contribution in [0.5, 0.6) is 0 Å². The molecule has 1 N–H and O–H groups in total. The maximum atomic E-state index is 12.4. The van der Waals surface area contributed by atoms with E-state index < -0.39 is 0 Å². The number of aromatic nitrogens is 1. The molecule has 4 nitrogen and oxygen atoms in total. The summed E-state index contributed by atoms with van der Waals surface area (Å²) < 4.78 is 0. The van der Waals surface area contributed by atoms with Crippen LogP contribution in [0.1, 0.15) is 50.0 Å². The van der Waals surface area contributed by atoms with E-state index in [1.54, 1.807) is 6.20 Å². The summed E-state index contributed by atoms with van der Waals surface area (Å²) >= 11 is 0. The molecule has 1 amide bonds. The van der Waals surface area contributed by atoms with Crippen molar-refractivity contribution in [1.29, 1.82) is 0 Å². The highest BCUT2D eigenvalue weighted by Gasteiger charge is 2.23. The molecular formula is C16H25N3O. The van der Waals surface area contributed by atoms with E-state index in [0.717, 1.165) is 44.1 Å². The van der Waals surface area contributed by atoms with E-state index in [1.807, 2.05) is 24.0 Å². The number of piperidine rings is 1. The summed E-state index contributed by atoms with van der Waals surface area (Å²) in [7, 11) is 0. The number of anilines is 1. The van der Waals surface area contributed by atoms with Crippen LogP contribution in [0.2, 0.25) is 0 Å². The Hall–Kier alpha value is -1.58. The lowest BCUT2D eigenvalue weighted by Gasteiger charge is -2.31. The molecule has 0 aromatic carbocycles. The molecule has 1 saturated heterocycles. The molecule has 1 aromatic heterocycles. The molecule has 2 rings (SSSR count). The topological polar surface area (TPSA) is 45.2 Å². The van der Waals surface area contributed by atoms with Crippen LogP contribution < -0.4 is 5.32 Å². The van der Waals surface area contributed by atoms with Crippen molar-refractivity contribution >= 4 is 11.6 Å². The third kappa shape index (κ3) is 3.71. The van der Waals surface area contributed by atoms with Crippen LogP contribution in [-0.2, 0) is 0 Å². The summed E-state index contributed by atoms with van der Waals surface area (Å²) in [6.07, 6.45) is 6.54. The van der Waals surface area contributed by atoms with Crippen molar-refractivity contribution in [3.05, 3.63) is 24.0 Å². The van der Waals surface area contributed by atoms with Gasteiger partial charge < -0.3 is 10.2 Å². The van der Waals surface area contributed by atoms with E-state index in [1.165, 1.54) is 12.8 Å². The number of hydrogen-bond donors (Lipinski definition) is 1. The van der Waals surface area contributed by atoms with Crippen molar-refractivity contribution < 1.29 is 4.79 Å². The third-order valence-corrected chi connectivity index (χ3v) is 3.96. The Morgan fingerprint density at radius 1 is 1.35 bits per heavy atom. The van der Waals surface area contributed by atoms with Gasteiger partial charge in [0.05, 0.1) is 11.9 Å². The number of amides is 1. The van der Waals surface area contributed by atoms with Gasteiger partial charge in [0, 0.05) is 19.6 Å². The van der Waals surface area contributed by atoms with E-state index in [2.05, 4.69) is 17.2 Å². The zero-order valence-corrected chi connectivity index (χ0v) is 12.6. The first-order valence-corrected chi connectivity index (χ1v) is 7.73. The average molecular weight is 275 g/mol. The van der Waals surface area contributed by atoms with Crippen molar-refractivity contribution in [3.63, 3.8) is 0 Å². The molecule has 4 heteroatoms. The summed E-state index contributed by atoms with van der Waals surface area (Å²) in [5, 5.41) is 3.19. The van der Waals surface area contributed by atoms with Gasteiger partial charge >= 0.3 is 0 Å². The Morgan fingerprint density at radius 3 is 2.65 bits per heavy atom. The fourth-order valence-corrected chi connectivity index (χ4v) is 2.82. The molecule has 1 aliphatic heterocycles. The molecule has 0 bridgehead atoms.